The molecule has 0 amide bonds. The zero-order valence-electron chi connectivity index (χ0n) is 14.5. The maximum absolute atomic E-state index is 10.9. The molecule has 2 fully saturated rings. The summed E-state index contributed by atoms with van der Waals surface area (Å²) in [6.07, 6.45) is -2.17. The van der Waals surface area contributed by atoms with Gasteiger partial charge in [0.2, 0.25) is 0 Å². The van der Waals surface area contributed by atoms with Gasteiger partial charge in [0.15, 0.2) is 29.3 Å². The predicted molar refractivity (Wildman–Crippen MR) is 101 cm³/mol. The molecule has 0 saturated carbocycles. The van der Waals surface area contributed by atoms with Crippen molar-refractivity contribution in [1.29, 1.82) is 0 Å². The van der Waals surface area contributed by atoms with Crippen molar-refractivity contribution in [2.75, 3.05) is 12.3 Å². The fraction of sp³-hybridized carbons (Fsp3) is 0.312. The summed E-state index contributed by atoms with van der Waals surface area (Å²) < 4.78 is 18.2. The molecular formula is C16H16BN5O5P+. The number of aromatic nitrogens is 4. The van der Waals surface area contributed by atoms with Gasteiger partial charge in [0.25, 0.3) is 0 Å². The van der Waals surface area contributed by atoms with Crippen LogP contribution in [-0.2, 0) is 13.8 Å². The van der Waals surface area contributed by atoms with E-state index in [1.165, 1.54) is 6.33 Å². The summed E-state index contributed by atoms with van der Waals surface area (Å²) in [5.74, 6) is 0.719. The number of aliphatic hydroxyl groups is 1. The van der Waals surface area contributed by atoms with Crippen LogP contribution in [0.5, 0.6) is 0 Å². The maximum atomic E-state index is 10.9. The zero-order valence-corrected chi connectivity index (χ0v) is 15.4. The number of ether oxygens (including phenoxy) is 1. The van der Waals surface area contributed by atoms with Gasteiger partial charge in [-0.05, 0) is 0 Å². The quantitative estimate of drug-likeness (QED) is 0.417. The Morgan fingerprint density at radius 2 is 2.04 bits per heavy atom. The maximum Gasteiger partial charge on any atom is 0.488 e. The highest BCUT2D eigenvalue weighted by atomic mass is 31.2. The minimum Gasteiger partial charge on any atom is -0.385 e. The number of aliphatic hydroxyl groups excluding tert-OH is 1. The van der Waals surface area contributed by atoms with Gasteiger partial charge in [-0.25, -0.2) is 19.8 Å². The van der Waals surface area contributed by atoms with E-state index in [1.807, 2.05) is 30.3 Å². The monoisotopic (exact) mass is 400 g/mol. The Kier molecular flexibility index (Phi) is 4.13. The fourth-order valence-electron chi connectivity index (χ4n) is 3.54. The van der Waals surface area contributed by atoms with Crippen LogP contribution in [0.1, 0.15) is 6.23 Å². The van der Waals surface area contributed by atoms with Gasteiger partial charge in [-0.1, -0.05) is 30.3 Å². The molecule has 2 aromatic heterocycles. The second kappa shape index (κ2) is 6.45. The molecule has 2 unspecified atom stereocenters. The van der Waals surface area contributed by atoms with Crippen LogP contribution in [0.3, 0.4) is 0 Å². The van der Waals surface area contributed by atoms with E-state index in [2.05, 4.69) is 15.0 Å². The number of imidazole rings is 1. The van der Waals surface area contributed by atoms with Gasteiger partial charge in [0.05, 0.1) is 0 Å². The third kappa shape index (κ3) is 2.79. The number of nitrogen functional groups attached to an aromatic ring is 1. The highest BCUT2D eigenvalue weighted by molar-refractivity contribution is 7.85. The summed E-state index contributed by atoms with van der Waals surface area (Å²) in [5.41, 5.74) is 7.57. The van der Waals surface area contributed by atoms with Gasteiger partial charge < -0.3 is 15.6 Å². The molecule has 4 N–H and O–H groups in total. The van der Waals surface area contributed by atoms with Crippen molar-refractivity contribution in [3.63, 3.8) is 0 Å². The van der Waals surface area contributed by atoms with Gasteiger partial charge >= 0.3 is 15.4 Å². The Morgan fingerprint density at radius 1 is 1.25 bits per heavy atom. The Labute approximate surface area is 161 Å². The van der Waals surface area contributed by atoms with Crippen molar-refractivity contribution in [2.24, 2.45) is 0 Å². The lowest BCUT2D eigenvalue weighted by Gasteiger charge is -2.27. The Bertz CT molecular complexity index is 1030. The molecule has 1 aromatic carbocycles. The van der Waals surface area contributed by atoms with E-state index in [4.69, 9.17) is 27.1 Å². The first-order valence-corrected chi connectivity index (χ1v) is 10.2. The molecule has 2 saturated heterocycles. The van der Waals surface area contributed by atoms with Gasteiger partial charge in [-0.3, -0.25) is 4.57 Å². The minimum absolute atomic E-state index is 0.00340. The molecule has 2 aliphatic heterocycles. The predicted octanol–water partition coefficient (Wildman–Crippen LogP) is 0.588. The minimum atomic E-state index is -3.48. The first-order valence-electron chi connectivity index (χ1n) is 8.55. The number of anilines is 1. The summed E-state index contributed by atoms with van der Waals surface area (Å²) in [4.78, 5) is 22.8. The molecule has 5 rings (SSSR count). The number of fused-ring (bicyclic) bond motifs is 2. The van der Waals surface area contributed by atoms with E-state index >= 15 is 0 Å². The lowest BCUT2D eigenvalue weighted by molar-refractivity contribution is -0.0598. The lowest BCUT2D eigenvalue weighted by atomic mass is 10.1. The van der Waals surface area contributed by atoms with Crippen molar-refractivity contribution < 1.29 is 23.8 Å². The van der Waals surface area contributed by atoms with Crippen LogP contribution in [0.25, 0.3) is 22.6 Å². The van der Waals surface area contributed by atoms with Crippen LogP contribution >= 0.6 is 7.82 Å². The summed E-state index contributed by atoms with van der Waals surface area (Å²) in [5, 5.41) is 10.9. The average Bonchev–Trinajstić information content (AvgIpc) is 3.21. The second-order valence-electron chi connectivity index (χ2n) is 6.59. The smallest absolute Gasteiger partial charge is 0.385 e. The second-order valence-corrected chi connectivity index (χ2v) is 8.19. The average molecular weight is 400 g/mol. The Hall–Kier alpha value is -2.14. The largest absolute Gasteiger partial charge is 0.488 e. The van der Waals surface area contributed by atoms with Crippen molar-refractivity contribution in [3.05, 3.63) is 36.7 Å². The number of rotatable bonds is 2. The van der Waals surface area contributed by atoms with E-state index < -0.39 is 32.4 Å². The van der Waals surface area contributed by atoms with Crippen molar-refractivity contribution in [3.8, 4) is 11.4 Å². The van der Waals surface area contributed by atoms with Crippen LogP contribution in [0.15, 0.2) is 36.7 Å². The molecule has 28 heavy (non-hydrogen) atoms. The first kappa shape index (κ1) is 17.9. The van der Waals surface area contributed by atoms with E-state index in [-0.39, 0.29) is 12.4 Å². The van der Waals surface area contributed by atoms with Crippen molar-refractivity contribution in [2.45, 2.75) is 24.5 Å². The molecule has 0 bridgehead atoms. The Balaban J connectivity index is 1.65. The van der Waals surface area contributed by atoms with Crippen LogP contribution in [0.2, 0.25) is 0 Å². The molecule has 3 aromatic rings. The lowest BCUT2D eigenvalue weighted by Crippen LogP contribution is -2.40. The van der Waals surface area contributed by atoms with Gasteiger partial charge in [0.1, 0.15) is 31.0 Å². The zero-order chi connectivity index (χ0) is 19.5. The van der Waals surface area contributed by atoms with Gasteiger partial charge in [0, 0.05) is 5.56 Å². The SMILES string of the molecule is [B][P+]1(O)OC[C@H]2O[C@@H](n3c(-c4ccccc4)nc4c(N)ncnc43)C(O)[C@@H]2O1. The highest BCUT2D eigenvalue weighted by Gasteiger charge is 2.57. The normalized spacial score (nSPS) is 32.5. The number of hydrogen-bond donors (Lipinski definition) is 3. The molecule has 0 spiro atoms. The molecule has 2 aliphatic rings. The van der Waals surface area contributed by atoms with Crippen LogP contribution in [0, 0.1) is 0 Å². The molecule has 0 aliphatic carbocycles. The molecular weight excluding hydrogens is 384 g/mol. The van der Waals surface area contributed by atoms with Crippen LogP contribution in [-0.4, -0.2) is 62.0 Å². The Morgan fingerprint density at radius 3 is 2.82 bits per heavy atom. The highest BCUT2D eigenvalue weighted by Crippen LogP contribution is 2.58. The number of benzene rings is 1. The number of hydrogen-bond acceptors (Lipinski definition) is 9. The first-order chi connectivity index (χ1) is 13.4. The third-order valence-corrected chi connectivity index (χ3v) is 5.86. The van der Waals surface area contributed by atoms with E-state index in [9.17, 15) is 10.00 Å². The van der Waals surface area contributed by atoms with E-state index in [1.54, 1.807) is 4.57 Å². The molecule has 12 heteroatoms. The summed E-state index contributed by atoms with van der Waals surface area (Å²) in [6, 6.07) is 9.38. The molecule has 10 nitrogen and oxygen atoms in total. The topological polar surface area (TPSA) is 138 Å². The van der Waals surface area contributed by atoms with E-state index in [0.29, 0.717) is 17.0 Å². The van der Waals surface area contributed by atoms with Crippen molar-refractivity contribution in [1.82, 2.24) is 19.5 Å². The van der Waals surface area contributed by atoms with E-state index in [0.717, 1.165) is 5.56 Å². The van der Waals surface area contributed by atoms with Crippen molar-refractivity contribution >= 4 is 32.4 Å². The number of nitrogens with zero attached hydrogens (tertiary/aromatic N) is 4. The summed E-state index contributed by atoms with van der Waals surface area (Å²) >= 11 is 0. The van der Waals surface area contributed by atoms with Gasteiger partial charge in [-0.15, -0.1) is 0 Å². The standard InChI is InChI=1S/C16H16BN5O5P/c17-28(24)25-6-9-12(27-28)11(23)16(26-9)22-14(8-4-2-1-3-5-8)21-10-13(18)19-7-20-15(10)22/h1-5,7,9,11-12,16,23-24H,6H2,(H2,18,19,20)/q+1/t9-,11?,12-,16-,28?/m1/s1. The fourth-order valence-corrected chi connectivity index (χ4v) is 4.57. The summed E-state index contributed by atoms with van der Waals surface area (Å²) in [7, 11) is 2.11. The molecule has 4 heterocycles. The summed E-state index contributed by atoms with van der Waals surface area (Å²) in [6.45, 7) is 0.00340. The van der Waals surface area contributed by atoms with Crippen LogP contribution in [0.4, 0.5) is 5.82 Å². The molecule has 142 valence electrons. The number of nitrogens with two attached hydrogens (primary N) is 1. The third-order valence-electron chi connectivity index (χ3n) is 4.80. The van der Waals surface area contributed by atoms with Gasteiger partial charge in [-0.2, -0.15) is 9.05 Å². The van der Waals surface area contributed by atoms with Crippen LogP contribution < -0.4 is 5.73 Å². The molecule has 2 radical (unpaired) electrons. The molecule has 5 atom stereocenters.